The molecule has 2 aromatic carbocycles. The van der Waals surface area contributed by atoms with Crippen molar-refractivity contribution in [2.75, 3.05) is 13.7 Å². The van der Waals surface area contributed by atoms with Gasteiger partial charge in [-0.1, -0.05) is 57.6 Å². The summed E-state index contributed by atoms with van der Waals surface area (Å²) >= 11 is 8.26. The Bertz CT molecular complexity index is 1440. The molecule has 9 heteroatoms. The number of thiazole rings is 1. The molecular formula is C24H20Br2N2O4S. The maximum Gasteiger partial charge on any atom is 0.338 e. The van der Waals surface area contributed by atoms with Crippen molar-refractivity contribution in [2.24, 2.45) is 4.99 Å². The van der Waals surface area contributed by atoms with E-state index < -0.39 is 12.0 Å². The van der Waals surface area contributed by atoms with E-state index in [0.29, 0.717) is 26.4 Å². The van der Waals surface area contributed by atoms with Gasteiger partial charge in [-0.05, 0) is 53.5 Å². The summed E-state index contributed by atoms with van der Waals surface area (Å²) in [5, 5.41) is 0. The van der Waals surface area contributed by atoms with Crippen LogP contribution in [0.3, 0.4) is 0 Å². The third-order valence-corrected chi connectivity index (χ3v) is 7.19. The van der Waals surface area contributed by atoms with Crippen LogP contribution in [-0.4, -0.2) is 24.3 Å². The molecule has 0 fully saturated rings. The van der Waals surface area contributed by atoms with Gasteiger partial charge >= 0.3 is 5.97 Å². The summed E-state index contributed by atoms with van der Waals surface area (Å²) in [6.45, 7) is 3.76. The molecule has 0 bridgehead atoms. The number of aromatic nitrogens is 1. The van der Waals surface area contributed by atoms with Gasteiger partial charge in [0.2, 0.25) is 0 Å². The van der Waals surface area contributed by atoms with E-state index in [1.54, 1.807) is 31.6 Å². The molecule has 1 unspecified atom stereocenters. The minimum absolute atomic E-state index is 0.235. The van der Waals surface area contributed by atoms with Gasteiger partial charge in [0, 0.05) is 10.0 Å². The number of carbonyl (C=O) groups is 1. The highest BCUT2D eigenvalue weighted by molar-refractivity contribution is 9.11. The van der Waals surface area contributed by atoms with Gasteiger partial charge in [0.1, 0.15) is 5.75 Å². The Hall–Kier alpha value is -2.49. The van der Waals surface area contributed by atoms with E-state index in [4.69, 9.17) is 9.47 Å². The van der Waals surface area contributed by atoms with Crippen molar-refractivity contribution in [1.82, 2.24) is 4.57 Å². The second kappa shape index (κ2) is 9.79. The number of esters is 1. The average molecular weight is 592 g/mol. The van der Waals surface area contributed by atoms with E-state index in [2.05, 4.69) is 36.9 Å². The van der Waals surface area contributed by atoms with Gasteiger partial charge in [0.25, 0.3) is 5.56 Å². The first-order valence-electron chi connectivity index (χ1n) is 10.1. The van der Waals surface area contributed by atoms with Crippen LogP contribution < -0.4 is 19.6 Å². The van der Waals surface area contributed by atoms with Crippen molar-refractivity contribution >= 4 is 55.2 Å². The van der Waals surface area contributed by atoms with Crippen molar-refractivity contribution < 1.29 is 14.3 Å². The van der Waals surface area contributed by atoms with E-state index >= 15 is 0 Å². The fraction of sp³-hybridized carbons (Fsp3) is 0.208. The van der Waals surface area contributed by atoms with Gasteiger partial charge in [-0.15, -0.1) is 0 Å². The van der Waals surface area contributed by atoms with Crippen LogP contribution in [0.15, 0.2) is 72.5 Å². The predicted molar refractivity (Wildman–Crippen MR) is 135 cm³/mol. The molecule has 3 aromatic rings. The lowest BCUT2D eigenvalue weighted by atomic mass is 9.96. The molecule has 6 nitrogen and oxygen atoms in total. The number of rotatable bonds is 5. The van der Waals surface area contributed by atoms with Crippen LogP contribution in [-0.2, 0) is 9.53 Å². The first-order valence-corrected chi connectivity index (χ1v) is 12.5. The molecule has 0 saturated carbocycles. The average Bonchev–Trinajstić information content (AvgIpc) is 3.08. The first kappa shape index (κ1) is 23.7. The SMILES string of the molecule is CCOC(=O)C1=C(C)N=c2s/c(=C\c3cc(Br)cc(Br)c3OC)c(=O)n2C1c1ccccc1. The molecule has 170 valence electrons. The number of halogens is 2. The molecule has 4 rings (SSSR count). The van der Waals surface area contributed by atoms with Crippen molar-refractivity contribution in [2.45, 2.75) is 19.9 Å². The van der Waals surface area contributed by atoms with Gasteiger partial charge in [-0.25, -0.2) is 9.79 Å². The summed E-state index contributed by atoms with van der Waals surface area (Å²) in [5.41, 5.74) is 2.22. The number of nitrogens with zero attached hydrogens (tertiary/aromatic N) is 2. The topological polar surface area (TPSA) is 69.9 Å². The summed E-state index contributed by atoms with van der Waals surface area (Å²) in [7, 11) is 1.58. The maximum absolute atomic E-state index is 13.6. The van der Waals surface area contributed by atoms with Gasteiger partial charge < -0.3 is 9.47 Å². The zero-order valence-corrected chi connectivity index (χ0v) is 22.1. The van der Waals surface area contributed by atoms with Crippen LogP contribution in [0.2, 0.25) is 0 Å². The quantitative estimate of drug-likeness (QED) is 0.414. The van der Waals surface area contributed by atoms with Crippen molar-refractivity contribution in [3.8, 4) is 5.75 Å². The van der Waals surface area contributed by atoms with Crippen LogP contribution in [0.25, 0.3) is 6.08 Å². The number of hydrogen-bond acceptors (Lipinski definition) is 6. The van der Waals surface area contributed by atoms with Gasteiger partial charge in [0.15, 0.2) is 4.80 Å². The minimum atomic E-state index is -0.625. The van der Waals surface area contributed by atoms with Gasteiger partial charge in [-0.2, -0.15) is 0 Å². The Kier molecular flexibility index (Phi) is 7.02. The highest BCUT2D eigenvalue weighted by atomic mass is 79.9. The fourth-order valence-electron chi connectivity index (χ4n) is 3.79. The third-order valence-electron chi connectivity index (χ3n) is 5.16. The molecule has 1 aliphatic heterocycles. The number of benzene rings is 2. The Morgan fingerprint density at radius 1 is 1.24 bits per heavy atom. The second-order valence-corrected chi connectivity index (χ2v) is 10.0. The van der Waals surface area contributed by atoms with Crippen LogP contribution in [0, 0.1) is 0 Å². The Morgan fingerprint density at radius 3 is 2.64 bits per heavy atom. The number of carbonyl (C=O) groups excluding carboxylic acids is 1. The molecule has 1 atom stereocenters. The molecule has 0 radical (unpaired) electrons. The number of allylic oxidation sites excluding steroid dienone is 1. The Balaban J connectivity index is 1.98. The normalized spacial score (nSPS) is 15.8. The fourth-order valence-corrected chi connectivity index (χ4v) is 6.24. The zero-order valence-electron chi connectivity index (χ0n) is 18.1. The number of fused-ring (bicyclic) bond motifs is 1. The highest BCUT2D eigenvalue weighted by Gasteiger charge is 2.33. The first-order chi connectivity index (χ1) is 15.8. The number of methoxy groups -OCH3 is 1. The van der Waals surface area contributed by atoms with E-state index in [0.717, 1.165) is 20.1 Å². The van der Waals surface area contributed by atoms with Crippen molar-refractivity contribution in [1.29, 1.82) is 0 Å². The lowest BCUT2D eigenvalue weighted by molar-refractivity contribution is -0.139. The molecule has 33 heavy (non-hydrogen) atoms. The van der Waals surface area contributed by atoms with Gasteiger partial charge in [-0.3, -0.25) is 9.36 Å². The molecule has 0 spiro atoms. The lowest BCUT2D eigenvalue weighted by Gasteiger charge is -2.24. The maximum atomic E-state index is 13.6. The number of ether oxygens (including phenoxy) is 2. The summed E-state index contributed by atoms with van der Waals surface area (Å²) in [5.74, 6) is 0.145. The van der Waals surface area contributed by atoms with Gasteiger partial charge in [0.05, 0.1) is 40.0 Å². The molecule has 0 N–H and O–H groups in total. The molecule has 2 heterocycles. The third kappa shape index (κ3) is 4.49. The standard InChI is InChI=1S/C24H20Br2N2O4S/c1-4-32-23(30)19-13(2)27-24-28(20(19)14-8-6-5-7-9-14)22(29)18(33-24)11-15-10-16(25)12-17(26)21(15)31-3/h5-12,20H,4H2,1-3H3/b18-11-. The molecule has 0 amide bonds. The smallest absolute Gasteiger partial charge is 0.338 e. The summed E-state index contributed by atoms with van der Waals surface area (Å²) in [6, 6.07) is 12.6. The Labute approximate surface area is 211 Å². The molecule has 0 saturated heterocycles. The largest absolute Gasteiger partial charge is 0.495 e. The summed E-state index contributed by atoms with van der Waals surface area (Å²) in [4.78, 5) is 31.7. The minimum Gasteiger partial charge on any atom is -0.495 e. The lowest BCUT2D eigenvalue weighted by Crippen LogP contribution is -2.39. The molecule has 1 aliphatic rings. The second-order valence-electron chi connectivity index (χ2n) is 7.22. The van der Waals surface area contributed by atoms with E-state index in [9.17, 15) is 9.59 Å². The van der Waals surface area contributed by atoms with Crippen LogP contribution >= 0.6 is 43.2 Å². The van der Waals surface area contributed by atoms with E-state index in [-0.39, 0.29) is 12.2 Å². The number of hydrogen-bond donors (Lipinski definition) is 0. The Morgan fingerprint density at radius 2 is 1.97 bits per heavy atom. The summed E-state index contributed by atoms with van der Waals surface area (Å²) in [6.07, 6.45) is 1.78. The predicted octanol–water partition coefficient (Wildman–Crippen LogP) is 4.33. The van der Waals surface area contributed by atoms with Crippen LogP contribution in [0.5, 0.6) is 5.75 Å². The molecule has 0 aliphatic carbocycles. The van der Waals surface area contributed by atoms with Crippen molar-refractivity contribution in [3.63, 3.8) is 0 Å². The van der Waals surface area contributed by atoms with Crippen LogP contribution in [0.1, 0.15) is 31.0 Å². The van der Waals surface area contributed by atoms with Crippen molar-refractivity contribution in [3.05, 3.63) is 93.5 Å². The summed E-state index contributed by atoms with van der Waals surface area (Å²) < 4.78 is 14.5. The highest BCUT2D eigenvalue weighted by Crippen LogP contribution is 2.33. The van der Waals surface area contributed by atoms with E-state index in [1.165, 1.54) is 11.3 Å². The molecular weight excluding hydrogens is 572 g/mol. The van der Waals surface area contributed by atoms with E-state index in [1.807, 2.05) is 42.5 Å². The molecule has 1 aromatic heterocycles. The monoisotopic (exact) mass is 590 g/mol. The zero-order chi connectivity index (χ0) is 23.7. The van der Waals surface area contributed by atoms with Crippen LogP contribution in [0.4, 0.5) is 0 Å².